The van der Waals surface area contributed by atoms with E-state index in [2.05, 4.69) is 28.7 Å². The standard InChI is InChI=1S/C11H18N4.2ClH/c1-3-15-5-4-9-11(8(2)7-15)14-10(12)6-13-9;;/h6,8H,3-5,7H2,1-2H3,(H2,12,14);2*1H. The smallest absolute Gasteiger partial charge is 0.142 e. The van der Waals surface area contributed by atoms with E-state index < -0.39 is 0 Å². The van der Waals surface area contributed by atoms with E-state index in [0.29, 0.717) is 11.7 Å². The van der Waals surface area contributed by atoms with Crippen molar-refractivity contribution in [3.63, 3.8) is 0 Å². The summed E-state index contributed by atoms with van der Waals surface area (Å²) in [7, 11) is 0. The van der Waals surface area contributed by atoms with Gasteiger partial charge in [-0.15, -0.1) is 24.8 Å². The van der Waals surface area contributed by atoms with Crippen LogP contribution >= 0.6 is 24.8 Å². The molecule has 6 heteroatoms. The average Bonchev–Trinajstić information content (AvgIpc) is 2.39. The number of fused-ring (bicyclic) bond motifs is 1. The topological polar surface area (TPSA) is 55.0 Å². The van der Waals surface area contributed by atoms with Crippen LogP contribution in [0, 0.1) is 0 Å². The number of hydrogen-bond donors (Lipinski definition) is 1. The van der Waals surface area contributed by atoms with Gasteiger partial charge >= 0.3 is 0 Å². The van der Waals surface area contributed by atoms with E-state index in [1.807, 2.05) is 0 Å². The van der Waals surface area contributed by atoms with Crippen LogP contribution in [0.5, 0.6) is 0 Å². The van der Waals surface area contributed by atoms with E-state index in [-0.39, 0.29) is 24.8 Å². The van der Waals surface area contributed by atoms with Gasteiger partial charge in [0.05, 0.1) is 17.6 Å². The molecule has 0 fully saturated rings. The van der Waals surface area contributed by atoms with Crippen LogP contribution in [0.4, 0.5) is 5.82 Å². The molecule has 0 amide bonds. The van der Waals surface area contributed by atoms with Gasteiger partial charge in [-0.05, 0) is 6.54 Å². The Balaban J connectivity index is 0.00000128. The van der Waals surface area contributed by atoms with Crippen molar-refractivity contribution in [2.75, 3.05) is 25.4 Å². The molecule has 1 aromatic heterocycles. The Hall–Kier alpha value is -0.580. The van der Waals surface area contributed by atoms with Crippen molar-refractivity contribution < 1.29 is 0 Å². The highest BCUT2D eigenvalue weighted by Gasteiger charge is 2.21. The second kappa shape index (κ2) is 6.99. The molecule has 0 saturated heterocycles. The predicted molar refractivity (Wildman–Crippen MR) is 75.2 cm³/mol. The van der Waals surface area contributed by atoms with Crippen molar-refractivity contribution in [2.45, 2.75) is 26.2 Å². The molecule has 1 unspecified atom stereocenters. The number of nitrogen functional groups attached to an aromatic ring is 1. The van der Waals surface area contributed by atoms with Gasteiger partial charge in [0.2, 0.25) is 0 Å². The van der Waals surface area contributed by atoms with E-state index in [0.717, 1.165) is 37.4 Å². The summed E-state index contributed by atoms with van der Waals surface area (Å²) in [6.07, 6.45) is 2.65. The highest BCUT2D eigenvalue weighted by atomic mass is 35.5. The fourth-order valence-electron chi connectivity index (χ4n) is 2.15. The highest BCUT2D eigenvalue weighted by molar-refractivity contribution is 5.85. The molecular formula is C11H20Cl2N4. The minimum Gasteiger partial charge on any atom is -0.382 e. The summed E-state index contributed by atoms with van der Waals surface area (Å²) in [5.41, 5.74) is 7.88. The van der Waals surface area contributed by atoms with Crippen LogP contribution in [-0.2, 0) is 6.42 Å². The fourth-order valence-corrected chi connectivity index (χ4v) is 2.15. The summed E-state index contributed by atoms with van der Waals surface area (Å²) in [5.74, 6) is 0.962. The Morgan fingerprint density at radius 3 is 2.82 bits per heavy atom. The molecular weight excluding hydrogens is 259 g/mol. The van der Waals surface area contributed by atoms with Gasteiger partial charge in [-0.25, -0.2) is 4.98 Å². The highest BCUT2D eigenvalue weighted by Crippen LogP contribution is 2.22. The first-order valence-electron chi connectivity index (χ1n) is 5.54. The molecule has 0 saturated carbocycles. The zero-order valence-corrected chi connectivity index (χ0v) is 11.9. The number of aromatic nitrogens is 2. The second-order valence-corrected chi connectivity index (χ2v) is 4.17. The molecule has 1 aliphatic heterocycles. The lowest BCUT2D eigenvalue weighted by Gasteiger charge is -2.19. The number of halogens is 2. The summed E-state index contributed by atoms with van der Waals surface area (Å²) in [6.45, 7) is 7.61. The minimum absolute atomic E-state index is 0. The Kier molecular flexibility index (Phi) is 6.75. The number of anilines is 1. The lowest BCUT2D eigenvalue weighted by atomic mass is 10.1. The van der Waals surface area contributed by atoms with Crippen molar-refractivity contribution in [3.8, 4) is 0 Å². The van der Waals surface area contributed by atoms with E-state index in [4.69, 9.17) is 5.73 Å². The van der Waals surface area contributed by atoms with Crippen LogP contribution in [0.2, 0.25) is 0 Å². The number of hydrogen-bond acceptors (Lipinski definition) is 4. The van der Waals surface area contributed by atoms with Crippen LogP contribution in [0.1, 0.15) is 31.2 Å². The van der Waals surface area contributed by atoms with E-state index in [1.165, 1.54) is 0 Å². The molecule has 0 spiro atoms. The maximum Gasteiger partial charge on any atom is 0.142 e. The molecule has 2 N–H and O–H groups in total. The third kappa shape index (κ3) is 3.69. The van der Waals surface area contributed by atoms with Crippen LogP contribution in [-0.4, -0.2) is 34.5 Å². The predicted octanol–water partition coefficient (Wildman–Crippen LogP) is 1.88. The number of likely N-dealkylation sites (N-methyl/N-ethyl adjacent to an activating group) is 1. The molecule has 1 aliphatic rings. The van der Waals surface area contributed by atoms with Crippen LogP contribution in [0.25, 0.3) is 0 Å². The lowest BCUT2D eigenvalue weighted by Crippen LogP contribution is -2.27. The summed E-state index contributed by atoms with van der Waals surface area (Å²) in [5, 5.41) is 0. The first-order valence-corrected chi connectivity index (χ1v) is 5.54. The molecule has 0 radical (unpaired) electrons. The van der Waals surface area contributed by atoms with Crippen LogP contribution < -0.4 is 5.73 Å². The van der Waals surface area contributed by atoms with Crippen molar-refractivity contribution in [1.29, 1.82) is 0 Å². The molecule has 98 valence electrons. The number of rotatable bonds is 1. The summed E-state index contributed by atoms with van der Waals surface area (Å²) in [6, 6.07) is 0. The normalized spacial score (nSPS) is 19.5. The monoisotopic (exact) mass is 278 g/mol. The maximum atomic E-state index is 5.68. The molecule has 0 aliphatic carbocycles. The van der Waals surface area contributed by atoms with Crippen LogP contribution in [0.3, 0.4) is 0 Å². The van der Waals surface area contributed by atoms with Gasteiger partial charge in [-0.1, -0.05) is 13.8 Å². The summed E-state index contributed by atoms with van der Waals surface area (Å²) >= 11 is 0. The van der Waals surface area contributed by atoms with Crippen LogP contribution in [0.15, 0.2) is 6.20 Å². The molecule has 0 bridgehead atoms. The molecule has 17 heavy (non-hydrogen) atoms. The largest absolute Gasteiger partial charge is 0.382 e. The zero-order valence-electron chi connectivity index (χ0n) is 10.2. The van der Waals surface area contributed by atoms with Crippen molar-refractivity contribution in [1.82, 2.24) is 14.9 Å². The van der Waals surface area contributed by atoms with Gasteiger partial charge in [-0.3, -0.25) is 4.98 Å². The second-order valence-electron chi connectivity index (χ2n) is 4.17. The Bertz CT molecular complexity index is 359. The minimum atomic E-state index is 0. The Morgan fingerprint density at radius 2 is 2.18 bits per heavy atom. The Labute approximate surface area is 115 Å². The summed E-state index contributed by atoms with van der Waals surface area (Å²) in [4.78, 5) is 11.2. The average molecular weight is 279 g/mol. The van der Waals surface area contributed by atoms with Crippen molar-refractivity contribution in [3.05, 3.63) is 17.6 Å². The number of nitrogens with two attached hydrogens (primary N) is 1. The molecule has 1 atom stereocenters. The first kappa shape index (κ1) is 16.4. The zero-order chi connectivity index (χ0) is 10.8. The first-order chi connectivity index (χ1) is 7.20. The maximum absolute atomic E-state index is 5.68. The molecule has 4 nitrogen and oxygen atoms in total. The molecule has 0 aromatic carbocycles. The van der Waals surface area contributed by atoms with Gasteiger partial charge in [-0.2, -0.15) is 0 Å². The lowest BCUT2D eigenvalue weighted by molar-refractivity contribution is 0.285. The SMILES string of the molecule is CCN1CCc2ncc(N)nc2C(C)C1.Cl.Cl. The van der Waals surface area contributed by atoms with Gasteiger partial charge < -0.3 is 10.6 Å². The fraction of sp³-hybridized carbons (Fsp3) is 0.636. The molecule has 2 heterocycles. The Morgan fingerprint density at radius 1 is 1.47 bits per heavy atom. The van der Waals surface area contributed by atoms with Gasteiger partial charge in [0.25, 0.3) is 0 Å². The summed E-state index contributed by atoms with van der Waals surface area (Å²) < 4.78 is 0. The van der Waals surface area contributed by atoms with E-state index >= 15 is 0 Å². The van der Waals surface area contributed by atoms with E-state index in [9.17, 15) is 0 Å². The quantitative estimate of drug-likeness (QED) is 0.853. The number of nitrogens with zero attached hydrogens (tertiary/aromatic N) is 3. The van der Waals surface area contributed by atoms with Crippen molar-refractivity contribution in [2.24, 2.45) is 0 Å². The van der Waals surface area contributed by atoms with Gasteiger partial charge in [0, 0.05) is 25.4 Å². The third-order valence-corrected chi connectivity index (χ3v) is 3.01. The molecule has 2 rings (SSSR count). The van der Waals surface area contributed by atoms with Crippen molar-refractivity contribution >= 4 is 30.6 Å². The third-order valence-electron chi connectivity index (χ3n) is 3.01. The van der Waals surface area contributed by atoms with E-state index in [1.54, 1.807) is 6.20 Å². The molecule has 1 aromatic rings. The van der Waals surface area contributed by atoms with Gasteiger partial charge in [0.1, 0.15) is 5.82 Å². The van der Waals surface area contributed by atoms with Gasteiger partial charge in [0.15, 0.2) is 0 Å².